The fraction of sp³-hybridized carbons (Fsp3) is 0.846. The summed E-state index contributed by atoms with van der Waals surface area (Å²) in [6, 6.07) is -0.269. The Kier molecular flexibility index (Phi) is 4.44. The van der Waals surface area contributed by atoms with Crippen LogP contribution in [-0.2, 0) is 9.53 Å². The summed E-state index contributed by atoms with van der Waals surface area (Å²) in [5.41, 5.74) is 0. The third-order valence-corrected chi connectivity index (χ3v) is 3.65. The highest BCUT2D eigenvalue weighted by Crippen LogP contribution is 2.48. The van der Waals surface area contributed by atoms with Gasteiger partial charge in [0.15, 0.2) is 0 Å². The summed E-state index contributed by atoms with van der Waals surface area (Å²) in [6.45, 7) is 2.77. The van der Waals surface area contributed by atoms with Gasteiger partial charge < -0.3 is 15.4 Å². The van der Waals surface area contributed by atoms with E-state index in [2.05, 4.69) is 10.6 Å². The fourth-order valence-electron chi connectivity index (χ4n) is 2.40. The van der Waals surface area contributed by atoms with Crippen LogP contribution < -0.4 is 10.6 Å². The molecule has 2 rings (SSSR count). The zero-order chi connectivity index (χ0) is 13.0. The summed E-state index contributed by atoms with van der Waals surface area (Å²) in [4.78, 5) is 22.6. The summed E-state index contributed by atoms with van der Waals surface area (Å²) >= 11 is 0. The molecule has 0 atom stereocenters. The van der Waals surface area contributed by atoms with Crippen molar-refractivity contribution >= 4 is 12.0 Å². The van der Waals surface area contributed by atoms with E-state index < -0.39 is 5.97 Å². The Morgan fingerprint density at radius 1 is 1.17 bits per heavy atom. The standard InChI is InChI=1S/C13H22N2O3/c1-2-18-12(16)8-15-13(17)14-7-11(9-3-4-9)10-5-6-10/h9-11H,2-8H2,1H3,(H2,14,15,17). The Morgan fingerprint density at radius 2 is 1.78 bits per heavy atom. The highest BCUT2D eigenvalue weighted by molar-refractivity contribution is 5.80. The number of hydrogen-bond donors (Lipinski definition) is 2. The van der Waals surface area contributed by atoms with Crippen molar-refractivity contribution in [2.45, 2.75) is 32.6 Å². The van der Waals surface area contributed by atoms with Gasteiger partial charge in [-0.1, -0.05) is 0 Å². The second kappa shape index (κ2) is 6.07. The van der Waals surface area contributed by atoms with Crippen molar-refractivity contribution in [3.63, 3.8) is 0 Å². The SMILES string of the molecule is CCOC(=O)CNC(=O)NCC(C1CC1)C1CC1. The quantitative estimate of drug-likeness (QED) is 0.673. The Labute approximate surface area is 108 Å². The molecule has 18 heavy (non-hydrogen) atoms. The van der Waals surface area contributed by atoms with Gasteiger partial charge in [-0.05, 0) is 50.4 Å². The molecule has 2 amide bonds. The highest BCUT2D eigenvalue weighted by Gasteiger charge is 2.41. The van der Waals surface area contributed by atoms with Gasteiger partial charge in [-0.25, -0.2) is 4.79 Å². The second-order valence-electron chi connectivity index (χ2n) is 5.21. The molecule has 102 valence electrons. The van der Waals surface area contributed by atoms with Gasteiger partial charge in [0.05, 0.1) is 6.61 Å². The molecule has 0 aromatic carbocycles. The van der Waals surface area contributed by atoms with Crippen molar-refractivity contribution in [1.82, 2.24) is 10.6 Å². The normalized spacial score (nSPS) is 18.6. The number of urea groups is 1. The molecule has 2 fully saturated rings. The lowest BCUT2D eigenvalue weighted by molar-refractivity contribution is -0.141. The van der Waals surface area contributed by atoms with Crippen LogP contribution in [0.4, 0.5) is 4.79 Å². The zero-order valence-corrected chi connectivity index (χ0v) is 10.9. The Balaban J connectivity index is 1.60. The number of carbonyl (C=O) groups excluding carboxylic acids is 2. The summed E-state index contributed by atoms with van der Waals surface area (Å²) in [5.74, 6) is 1.90. The number of ether oxygens (including phenoxy) is 1. The molecule has 5 heteroatoms. The summed E-state index contributed by atoms with van der Waals surface area (Å²) in [7, 11) is 0. The number of carbonyl (C=O) groups is 2. The van der Waals surface area contributed by atoms with Gasteiger partial charge in [0.25, 0.3) is 0 Å². The first-order chi connectivity index (χ1) is 8.70. The van der Waals surface area contributed by atoms with Gasteiger partial charge in [-0.2, -0.15) is 0 Å². The maximum Gasteiger partial charge on any atom is 0.325 e. The van der Waals surface area contributed by atoms with Crippen LogP contribution in [0.1, 0.15) is 32.6 Å². The van der Waals surface area contributed by atoms with Crippen molar-refractivity contribution in [1.29, 1.82) is 0 Å². The topological polar surface area (TPSA) is 67.4 Å². The van der Waals surface area contributed by atoms with Crippen LogP contribution in [0.2, 0.25) is 0 Å². The molecule has 0 spiro atoms. The minimum atomic E-state index is -0.395. The van der Waals surface area contributed by atoms with E-state index in [0.29, 0.717) is 12.5 Å². The average molecular weight is 254 g/mol. The molecule has 0 unspecified atom stereocenters. The third-order valence-electron chi connectivity index (χ3n) is 3.65. The third kappa shape index (κ3) is 4.20. The molecule has 2 aliphatic carbocycles. The number of nitrogens with one attached hydrogen (secondary N) is 2. The first kappa shape index (κ1) is 13.2. The van der Waals surface area contributed by atoms with Gasteiger partial charge in [-0.3, -0.25) is 4.79 Å². The van der Waals surface area contributed by atoms with E-state index in [1.165, 1.54) is 25.7 Å². The van der Waals surface area contributed by atoms with Gasteiger partial charge in [0.1, 0.15) is 6.54 Å². The van der Waals surface area contributed by atoms with Gasteiger partial charge >= 0.3 is 12.0 Å². The van der Waals surface area contributed by atoms with Crippen molar-refractivity contribution < 1.29 is 14.3 Å². The van der Waals surface area contributed by atoms with Crippen molar-refractivity contribution in [3.05, 3.63) is 0 Å². The lowest BCUT2D eigenvalue weighted by Crippen LogP contribution is -2.41. The maximum absolute atomic E-state index is 11.5. The van der Waals surface area contributed by atoms with Crippen LogP contribution in [0.15, 0.2) is 0 Å². The maximum atomic E-state index is 11.5. The van der Waals surface area contributed by atoms with Gasteiger partial charge in [-0.15, -0.1) is 0 Å². The Morgan fingerprint density at radius 3 is 2.28 bits per heavy atom. The van der Waals surface area contributed by atoms with Crippen LogP contribution in [0, 0.1) is 17.8 Å². The van der Waals surface area contributed by atoms with Crippen molar-refractivity contribution in [2.24, 2.45) is 17.8 Å². The van der Waals surface area contributed by atoms with Gasteiger partial charge in [0, 0.05) is 6.54 Å². The molecule has 0 heterocycles. The largest absolute Gasteiger partial charge is 0.465 e. The molecule has 0 aromatic rings. The molecule has 0 radical (unpaired) electrons. The summed E-state index contributed by atoms with van der Waals surface area (Å²) in [6.07, 6.45) is 5.25. The second-order valence-corrected chi connectivity index (χ2v) is 5.21. The smallest absolute Gasteiger partial charge is 0.325 e. The Bertz CT molecular complexity index is 299. The van der Waals surface area contributed by atoms with E-state index in [4.69, 9.17) is 4.74 Å². The highest BCUT2D eigenvalue weighted by atomic mass is 16.5. The monoisotopic (exact) mass is 254 g/mol. The van der Waals surface area contributed by atoms with Crippen LogP contribution in [0.25, 0.3) is 0 Å². The first-order valence-electron chi connectivity index (χ1n) is 6.88. The van der Waals surface area contributed by atoms with E-state index in [1.807, 2.05) is 0 Å². The minimum Gasteiger partial charge on any atom is -0.465 e. The molecule has 2 saturated carbocycles. The lowest BCUT2D eigenvalue weighted by Gasteiger charge is -2.16. The van der Waals surface area contributed by atoms with E-state index in [9.17, 15) is 9.59 Å². The molecule has 5 nitrogen and oxygen atoms in total. The van der Waals surface area contributed by atoms with Crippen LogP contribution in [0.5, 0.6) is 0 Å². The molecule has 2 N–H and O–H groups in total. The molecule has 2 aliphatic rings. The van der Waals surface area contributed by atoms with Crippen LogP contribution >= 0.6 is 0 Å². The molecule has 0 bridgehead atoms. The molecular weight excluding hydrogens is 232 g/mol. The number of rotatable bonds is 7. The van der Waals surface area contributed by atoms with Crippen molar-refractivity contribution in [2.75, 3.05) is 19.7 Å². The minimum absolute atomic E-state index is 0.0583. The number of amides is 2. The van der Waals surface area contributed by atoms with Crippen LogP contribution in [-0.4, -0.2) is 31.7 Å². The number of esters is 1. The van der Waals surface area contributed by atoms with E-state index >= 15 is 0 Å². The number of hydrogen-bond acceptors (Lipinski definition) is 3. The van der Waals surface area contributed by atoms with E-state index in [1.54, 1.807) is 6.92 Å². The predicted molar refractivity (Wildman–Crippen MR) is 67.0 cm³/mol. The average Bonchev–Trinajstić information content (AvgIpc) is 3.19. The summed E-state index contributed by atoms with van der Waals surface area (Å²) in [5, 5.41) is 5.38. The van der Waals surface area contributed by atoms with Crippen molar-refractivity contribution in [3.8, 4) is 0 Å². The molecular formula is C13H22N2O3. The Hall–Kier alpha value is -1.26. The fourth-order valence-corrected chi connectivity index (χ4v) is 2.40. The molecule has 0 aromatic heterocycles. The zero-order valence-electron chi connectivity index (χ0n) is 10.9. The molecule has 0 aliphatic heterocycles. The van der Waals surface area contributed by atoms with Gasteiger partial charge in [0.2, 0.25) is 0 Å². The lowest BCUT2D eigenvalue weighted by atomic mass is 9.98. The predicted octanol–water partition coefficient (Wildman–Crippen LogP) is 1.28. The van der Waals surface area contributed by atoms with E-state index in [-0.39, 0.29) is 12.6 Å². The first-order valence-corrected chi connectivity index (χ1v) is 6.88. The van der Waals surface area contributed by atoms with Crippen LogP contribution in [0.3, 0.4) is 0 Å². The molecule has 0 saturated heterocycles. The summed E-state index contributed by atoms with van der Waals surface area (Å²) < 4.78 is 4.73. The van der Waals surface area contributed by atoms with E-state index in [0.717, 1.165) is 18.4 Å².